The number of esters is 1. The third-order valence-corrected chi connectivity index (χ3v) is 5.17. The van der Waals surface area contributed by atoms with E-state index in [2.05, 4.69) is 4.90 Å². The van der Waals surface area contributed by atoms with Gasteiger partial charge in [-0.2, -0.15) is 0 Å². The molecule has 0 N–H and O–H groups in total. The third kappa shape index (κ3) is 6.37. The quantitative estimate of drug-likeness (QED) is 0.597. The maximum absolute atomic E-state index is 12.5. The minimum atomic E-state index is -0.519. The molecule has 168 valence electrons. The van der Waals surface area contributed by atoms with Crippen LogP contribution in [0.5, 0.6) is 11.5 Å². The number of benzene rings is 2. The summed E-state index contributed by atoms with van der Waals surface area (Å²) in [4.78, 5) is 14.7. The van der Waals surface area contributed by atoms with E-state index in [1.165, 1.54) is 0 Å². The lowest BCUT2D eigenvalue weighted by Crippen LogP contribution is -2.32. The fraction of sp³-hybridized carbons (Fsp3) is 0.480. The SMILES string of the molecule is COCN1CC(COc2cccc(OC)c2)CCc2cc(C(=O)OC(C)(C)C)ccc21. The number of nitrogens with zero attached hydrogens (tertiary/aromatic N) is 1. The Morgan fingerprint density at radius 2 is 1.87 bits per heavy atom. The number of hydrogen-bond donors (Lipinski definition) is 0. The van der Waals surface area contributed by atoms with E-state index < -0.39 is 5.60 Å². The molecule has 0 saturated carbocycles. The maximum atomic E-state index is 12.5. The molecule has 2 aromatic rings. The van der Waals surface area contributed by atoms with Crippen molar-refractivity contribution < 1.29 is 23.7 Å². The summed E-state index contributed by atoms with van der Waals surface area (Å²) in [6.45, 7) is 7.52. The van der Waals surface area contributed by atoms with Gasteiger partial charge in [0.2, 0.25) is 0 Å². The Hall–Kier alpha value is -2.73. The molecule has 0 aliphatic carbocycles. The van der Waals surface area contributed by atoms with Gasteiger partial charge in [0.25, 0.3) is 0 Å². The lowest BCUT2D eigenvalue weighted by molar-refractivity contribution is 0.00694. The van der Waals surface area contributed by atoms with Crippen molar-refractivity contribution in [2.45, 2.75) is 39.2 Å². The second-order valence-corrected chi connectivity index (χ2v) is 8.88. The molecule has 0 amide bonds. The van der Waals surface area contributed by atoms with Crippen molar-refractivity contribution in [3.63, 3.8) is 0 Å². The monoisotopic (exact) mass is 427 g/mol. The lowest BCUT2D eigenvalue weighted by Gasteiger charge is -2.27. The van der Waals surface area contributed by atoms with E-state index in [1.54, 1.807) is 14.2 Å². The van der Waals surface area contributed by atoms with Gasteiger partial charge < -0.3 is 23.8 Å². The van der Waals surface area contributed by atoms with Crippen LogP contribution in [0.4, 0.5) is 5.69 Å². The number of aryl methyl sites for hydroxylation is 1. The van der Waals surface area contributed by atoms with E-state index in [1.807, 2.05) is 63.2 Å². The molecule has 1 heterocycles. The molecule has 0 bridgehead atoms. The van der Waals surface area contributed by atoms with Crippen molar-refractivity contribution in [1.82, 2.24) is 0 Å². The number of methoxy groups -OCH3 is 2. The molecule has 1 aliphatic heterocycles. The summed E-state index contributed by atoms with van der Waals surface area (Å²) < 4.78 is 22.3. The van der Waals surface area contributed by atoms with Crippen molar-refractivity contribution in [3.8, 4) is 11.5 Å². The summed E-state index contributed by atoms with van der Waals surface area (Å²) in [5.41, 5.74) is 2.29. The standard InChI is InChI=1S/C25H33NO5/c1-25(2,3)31-24(27)20-11-12-23-19(13-20)10-9-18(15-26(23)17-28-4)16-30-22-8-6-7-21(14-22)29-5/h6-8,11-14,18H,9-10,15-17H2,1-5H3. The molecule has 1 aliphatic rings. The molecule has 0 fully saturated rings. The molecular weight excluding hydrogens is 394 g/mol. The number of carbonyl (C=O) groups is 1. The zero-order valence-corrected chi connectivity index (χ0v) is 19.1. The van der Waals surface area contributed by atoms with Crippen molar-refractivity contribution in [3.05, 3.63) is 53.6 Å². The number of ether oxygens (including phenoxy) is 4. The van der Waals surface area contributed by atoms with Gasteiger partial charge in [-0.1, -0.05) is 6.07 Å². The second-order valence-electron chi connectivity index (χ2n) is 8.88. The maximum Gasteiger partial charge on any atom is 0.338 e. The zero-order chi connectivity index (χ0) is 22.4. The first-order valence-electron chi connectivity index (χ1n) is 10.7. The predicted molar refractivity (Wildman–Crippen MR) is 121 cm³/mol. The van der Waals surface area contributed by atoms with Crippen LogP contribution in [0.1, 0.15) is 43.1 Å². The first-order chi connectivity index (χ1) is 14.8. The number of rotatable bonds is 7. The highest BCUT2D eigenvalue weighted by molar-refractivity contribution is 5.90. The summed E-state index contributed by atoms with van der Waals surface area (Å²) in [7, 11) is 3.34. The molecular formula is C25H33NO5. The fourth-order valence-corrected chi connectivity index (χ4v) is 3.74. The van der Waals surface area contributed by atoms with Gasteiger partial charge in [-0.05, 0) is 69.5 Å². The van der Waals surface area contributed by atoms with Crippen LogP contribution in [-0.2, 0) is 15.9 Å². The van der Waals surface area contributed by atoms with E-state index in [0.717, 1.165) is 42.1 Å². The summed E-state index contributed by atoms with van der Waals surface area (Å²) in [6, 6.07) is 13.4. The Morgan fingerprint density at radius 3 is 2.58 bits per heavy atom. The Bertz CT molecular complexity index is 890. The molecule has 6 heteroatoms. The highest BCUT2D eigenvalue weighted by atomic mass is 16.6. The van der Waals surface area contributed by atoms with Crippen LogP contribution in [0.2, 0.25) is 0 Å². The lowest BCUT2D eigenvalue weighted by atomic mass is 10.0. The van der Waals surface area contributed by atoms with Crippen LogP contribution in [0.15, 0.2) is 42.5 Å². The molecule has 1 unspecified atom stereocenters. The summed E-state index contributed by atoms with van der Waals surface area (Å²) in [5, 5.41) is 0. The first-order valence-corrected chi connectivity index (χ1v) is 10.7. The van der Waals surface area contributed by atoms with Crippen molar-refractivity contribution >= 4 is 11.7 Å². The molecule has 0 radical (unpaired) electrons. The third-order valence-electron chi connectivity index (χ3n) is 5.17. The highest BCUT2D eigenvalue weighted by Crippen LogP contribution is 2.31. The zero-order valence-electron chi connectivity index (χ0n) is 19.1. The van der Waals surface area contributed by atoms with Crippen molar-refractivity contribution in [1.29, 1.82) is 0 Å². The van der Waals surface area contributed by atoms with Gasteiger partial charge in [0.1, 0.15) is 23.8 Å². The number of anilines is 1. The minimum Gasteiger partial charge on any atom is -0.497 e. The first kappa shape index (κ1) is 22.9. The molecule has 0 aromatic heterocycles. The number of hydrogen-bond acceptors (Lipinski definition) is 6. The van der Waals surface area contributed by atoms with Gasteiger partial charge in [0.05, 0.1) is 19.3 Å². The Morgan fingerprint density at radius 1 is 1.10 bits per heavy atom. The number of fused-ring (bicyclic) bond motifs is 1. The predicted octanol–water partition coefficient (Wildman–Crippen LogP) is 4.70. The van der Waals surface area contributed by atoms with Gasteiger partial charge in [0.15, 0.2) is 0 Å². The van der Waals surface area contributed by atoms with Gasteiger partial charge in [0, 0.05) is 31.3 Å². The molecule has 2 aromatic carbocycles. The van der Waals surface area contributed by atoms with E-state index >= 15 is 0 Å². The normalized spacial score (nSPS) is 16.3. The van der Waals surface area contributed by atoms with Crippen LogP contribution >= 0.6 is 0 Å². The molecule has 0 spiro atoms. The smallest absolute Gasteiger partial charge is 0.338 e. The van der Waals surface area contributed by atoms with E-state index in [4.69, 9.17) is 18.9 Å². The summed E-state index contributed by atoms with van der Waals surface area (Å²) in [5.74, 6) is 1.60. The fourth-order valence-electron chi connectivity index (χ4n) is 3.74. The Kier molecular flexibility index (Phi) is 7.44. The molecule has 1 atom stereocenters. The Balaban J connectivity index is 1.73. The number of carbonyl (C=O) groups excluding carboxylic acids is 1. The van der Waals surface area contributed by atoms with Gasteiger partial charge >= 0.3 is 5.97 Å². The molecule has 31 heavy (non-hydrogen) atoms. The average Bonchev–Trinajstić information content (AvgIpc) is 2.90. The summed E-state index contributed by atoms with van der Waals surface area (Å²) in [6.07, 6.45) is 1.81. The van der Waals surface area contributed by atoms with Crippen LogP contribution < -0.4 is 14.4 Å². The van der Waals surface area contributed by atoms with Crippen LogP contribution in [-0.4, -0.2) is 45.7 Å². The van der Waals surface area contributed by atoms with Gasteiger partial charge in [-0.3, -0.25) is 0 Å². The molecule has 0 saturated heterocycles. The van der Waals surface area contributed by atoms with Crippen LogP contribution in [0.3, 0.4) is 0 Å². The highest BCUT2D eigenvalue weighted by Gasteiger charge is 2.25. The minimum absolute atomic E-state index is 0.296. The van der Waals surface area contributed by atoms with Crippen molar-refractivity contribution in [2.24, 2.45) is 5.92 Å². The largest absolute Gasteiger partial charge is 0.497 e. The molecule has 3 rings (SSSR count). The van der Waals surface area contributed by atoms with E-state index in [9.17, 15) is 4.79 Å². The van der Waals surface area contributed by atoms with Gasteiger partial charge in [-0.25, -0.2) is 4.79 Å². The van der Waals surface area contributed by atoms with Gasteiger partial charge in [-0.15, -0.1) is 0 Å². The second kappa shape index (κ2) is 10.1. The van der Waals surface area contributed by atoms with Crippen LogP contribution in [0, 0.1) is 5.92 Å². The Labute approximate surface area is 185 Å². The average molecular weight is 428 g/mol. The van der Waals surface area contributed by atoms with Crippen molar-refractivity contribution in [2.75, 3.05) is 39.0 Å². The van der Waals surface area contributed by atoms with Crippen LogP contribution in [0.25, 0.3) is 0 Å². The van der Waals surface area contributed by atoms with E-state index in [-0.39, 0.29) is 5.97 Å². The van der Waals surface area contributed by atoms with E-state index in [0.29, 0.717) is 24.8 Å². The summed E-state index contributed by atoms with van der Waals surface area (Å²) >= 11 is 0. The topological polar surface area (TPSA) is 57.2 Å². The molecule has 6 nitrogen and oxygen atoms in total.